The van der Waals surface area contributed by atoms with Crippen molar-refractivity contribution < 1.29 is 9.66 Å². The average Bonchev–Trinajstić information content (AvgIpc) is 2.44. The molecule has 1 N–H and O–H groups in total. The van der Waals surface area contributed by atoms with Gasteiger partial charge in [-0.25, -0.2) is 4.98 Å². The smallest absolute Gasteiger partial charge is 0.372 e. The van der Waals surface area contributed by atoms with Gasteiger partial charge >= 0.3 is 5.69 Å². The van der Waals surface area contributed by atoms with E-state index in [-0.39, 0.29) is 24.0 Å². The number of hydrogen-bond acceptors (Lipinski definition) is 6. The predicted molar refractivity (Wildman–Crippen MR) is 74.0 cm³/mol. The molecule has 0 aliphatic heterocycles. The van der Waals surface area contributed by atoms with Gasteiger partial charge in [-0.3, -0.25) is 10.1 Å². The Labute approximate surface area is 119 Å². The van der Waals surface area contributed by atoms with Crippen LogP contribution in [0.5, 0.6) is 5.88 Å². The number of ether oxygens (including phenoxy) is 1. The fourth-order valence-corrected chi connectivity index (χ4v) is 1.81. The molecule has 2 rings (SSSR count). The van der Waals surface area contributed by atoms with Crippen LogP contribution >= 0.6 is 11.6 Å². The molecule has 2 aromatic rings. The molecule has 0 atom stereocenters. The maximum atomic E-state index is 11.1. The maximum absolute atomic E-state index is 11.1. The number of nitro groups is 1. The van der Waals surface area contributed by atoms with Crippen molar-refractivity contribution in [2.45, 2.75) is 6.61 Å². The molecular formula is C12H11ClN4O3. The molecule has 0 aliphatic rings. The van der Waals surface area contributed by atoms with E-state index in [0.29, 0.717) is 5.02 Å². The molecule has 0 aliphatic carbocycles. The molecule has 0 bridgehead atoms. The molecule has 0 saturated heterocycles. The van der Waals surface area contributed by atoms with Crippen molar-refractivity contribution in [1.82, 2.24) is 9.97 Å². The van der Waals surface area contributed by atoms with Crippen LogP contribution in [0, 0.1) is 10.1 Å². The summed E-state index contributed by atoms with van der Waals surface area (Å²) in [7, 11) is 1.54. The molecule has 0 radical (unpaired) electrons. The lowest BCUT2D eigenvalue weighted by Gasteiger charge is -2.07. The third-order valence-corrected chi connectivity index (χ3v) is 2.71. The summed E-state index contributed by atoms with van der Waals surface area (Å²) in [4.78, 5) is 18.0. The van der Waals surface area contributed by atoms with Gasteiger partial charge in [-0.05, 0) is 17.7 Å². The predicted octanol–water partition coefficient (Wildman–Crippen LogP) is 2.66. The molecule has 104 valence electrons. The summed E-state index contributed by atoms with van der Waals surface area (Å²) in [5.41, 5.74) is 0.494. The molecule has 1 heterocycles. The highest BCUT2D eigenvalue weighted by Crippen LogP contribution is 2.30. The Morgan fingerprint density at radius 2 is 2.25 bits per heavy atom. The molecule has 0 fully saturated rings. The number of aromatic nitrogens is 2. The summed E-state index contributed by atoms with van der Waals surface area (Å²) in [6, 6.07) is 7.02. The summed E-state index contributed by atoms with van der Waals surface area (Å²) < 4.78 is 5.39. The maximum Gasteiger partial charge on any atom is 0.372 e. The standard InChI is InChI=1S/C12H11ClN4O3/c1-14-11-10(17(18)19)12(16-7-15-11)20-6-8-3-2-4-9(13)5-8/h2-5,7H,6H2,1H3,(H,14,15,16). The van der Waals surface area contributed by atoms with Crippen LogP contribution in [0.15, 0.2) is 30.6 Å². The van der Waals surface area contributed by atoms with Crippen LogP contribution < -0.4 is 10.1 Å². The van der Waals surface area contributed by atoms with Crippen LogP contribution in [-0.2, 0) is 6.61 Å². The van der Waals surface area contributed by atoms with E-state index in [1.807, 2.05) is 0 Å². The molecule has 7 nitrogen and oxygen atoms in total. The fourth-order valence-electron chi connectivity index (χ4n) is 1.59. The van der Waals surface area contributed by atoms with Crippen LogP contribution in [0.3, 0.4) is 0 Å². The minimum atomic E-state index is -0.584. The van der Waals surface area contributed by atoms with E-state index in [1.165, 1.54) is 13.4 Å². The van der Waals surface area contributed by atoms with Crippen LogP contribution in [0.25, 0.3) is 0 Å². The largest absolute Gasteiger partial charge is 0.468 e. The monoisotopic (exact) mass is 294 g/mol. The van der Waals surface area contributed by atoms with Crippen molar-refractivity contribution in [1.29, 1.82) is 0 Å². The zero-order valence-corrected chi connectivity index (χ0v) is 11.3. The summed E-state index contributed by atoms with van der Waals surface area (Å²) >= 11 is 5.86. The van der Waals surface area contributed by atoms with Crippen molar-refractivity contribution in [3.8, 4) is 5.88 Å². The Morgan fingerprint density at radius 3 is 2.90 bits per heavy atom. The summed E-state index contributed by atoms with van der Waals surface area (Å²) in [6.07, 6.45) is 1.20. The van der Waals surface area contributed by atoms with Crippen molar-refractivity contribution in [3.05, 3.63) is 51.3 Å². The average molecular weight is 295 g/mol. The second-order valence-electron chi connectivity index (χ2n) is 3.80. The molecule has 0 amide bonds. The number of halogens is 1. The Hall–Kier alpha value is -2.41. The molecule has 0 unspecified atom stereocenters. The highest BCUT2D eigenvalue weighted by atomic mass is 35.5. The van der Waals surface area contributed by atoms with Crippen molar-refractivity contribution in [2.75, 3.05) is 12.4 Å². The number of rotatable bonds is 5. The van der Waals surface area contributed by atoms with Gasteiger partial charge < -0.3 is 10.1 Å². The second-order valence-corrected chi connectivity index (χ2v) is 4.24. The van der Waals surface area contributed by atoms with Gasteiger partial charge in [-0.1, -0.05) is 23.7 Å². The van der Waals surface area contributed by atoms with Crippen molar-refractivity contribution in [3.63, 3.8) is 0 Å². The number of nitrogens with zero attached hydrogens (tertiary/aromatic N) is 3. The minimum absolute atomic E-state index is 0.0886. The molecule has 8 heteroatoms. The first kappa shape index (κ1) is 14.0. The number of anilines is 1. The molecule has 1 aromatic carbocycles. The van der Waals surface area contributed by atoms with Crippen molar-refractivity contribution in [2.24, 2.45) is 0 Å². The summed E-state index contributed by atoms with van der Waals surface area (Å²) in [5, 5.41) is 14.3. The highest BCUT2D eigenvalue weighted by Gasteiger charge is 2.23. The number of hydrogen-bond donors (Lipinski definition) is 1. The Kier molecular flexibility index (Phi) is 4.31. The van der Waals surface area contributed by atoms with Crippen LogP contribution in [0.1, 0.15) is 5.56 Å². The first-order valence-corrected chi connectivity index (χ1v) is 6.04. The lowest BCUT2D eigenvalue weighted by molar-refractivity contribution is -0.385. The Balaban J connectivity index is 2.23. The number of benzene rings is 1. The van der Waals surface area contributed by atoms with E-state index in [9.17, 15) is 10.1 Å². The van der Waals surface area contributed by atoms with Gasteiger partial charge in [0.25, 0.3) is 5.88 Å². The van der Waals surface area contributed by atoms with E-state index in [4.69, 9.17) is 16.3 Å². The first-order valence-electron chi connectivity index (χ1n) is 5.66. The second kappa shape index (κ2) is 6.16. The molecular weight excluding hydrogens is 284 g/mol. The topological polar surface area (TPSA) is 90.2 Å². The molecule has 20 heavy (non-hydrogen) atoms. The quantitative estimate of drug-likeness (QED) is 0.673. The van der Waals surface area contributed by atoms with E-state index < -0.39 is 4.92 Å². The fraction of sp³-hybridized carbons (Fsp3) is 0.167. The zero-order chi connectivity index (χ0) is 14.5. The molecule has 0 saturated carbocycles. The SMILES string of the molecule is CNc1ncnc(OCc2cccc(Cl)c2)c1[N+](=O)[O-]. The zero-order valence-electron chi connectivity index (χ0n) is 10.5. The van der Waals surface area contributed by atoms with Crippen LogP contribution in [-0.4, -0.2) is 21.9 Å². The van der Waals surface area contributed by atoms with Gasteiger partial charge in [0, 0.05) is 12.1 Å². The Bertz CT molecular complexity index is 636. The summed E-state index contributed by atoms with van der Waals surface area (Å²) in [6.45, 7) is 0.127. The van der Waals surface area contributed by atoms with Crippen molar-refractivity contribution >= 4 is 23.1 Å². The van der Waals surface area contributed by atoms with E-state index in [0.717, 1.165) is 5.56 Å². The van der Waals surface area contributed by atoms with Gasteiger partial charge in [-0.2, -0.15) is 4.98 Å². The molecule has 1 aromatic heterocycles. The normalized spacial score (nSPS) is 10.1. The third kappa shape index (κ3) is 3.12. The summed E-state index contributed by atoms with van der Waals surface area (Å²) in [5.74, 6) is 0.0143. The number of nitrogens with one attached hydrogen (secondary N) is 1. The highest BCUT2D eigenvalue weighted by molar-refractivity contribution is 6.30. The third-order valence-electron chi connectivity index (χ3n) is 2.47. The first-order chi connectivity index (χ1) is 9.61. The van der Waals surface area contributed by atoms with Gasteiger partial charge in [0.05, 0.1) is 4.92 Å². The lowest BCUT2D eigenvalue weighted by Crippen LogP contribution is -2.05. The van der Waals surface area contributed by atoms with Gasteiger partial charge in [0.2, 0.25) is 5.82 Å². The van der Waals surface area contributed by atoms with E-state index in [2.05, 4.69) is 15.3 Å². The van der Waals surface area contributed by atoms with E-state index in [1.54, 1.807) is 24.3 Å². The Morgan fingerprint density at radius 1 is 1.45 bits per heavy atom. The van der Waals surface area contributed by atoms with Gasteiger partial charge in [0.15, 0.2) is 0 Å². The van der Waals surface area contributed by atoms with Crippen LogP contribution in [0.2, 0.25) is 5.02 Å². The van der Waals surface area contributed by atoms with Gasteiger partial charge in [-0.15, -0.1) is 0 Å². The van der Waals surface area contributed by atoms with Gasteiger partial charge in [0.1, 0.15) is 12.9 Å². The van der Waals surface area contributed by atoms with E-state index >= 15 is 0 Å². The minimum Gasteiger partial charge on any atom is -0.468 e. The lowest BCUT2D eigenvalue weighted by atomic mass is 10.2. The molecule has 0 spiro atoms. The van der Waals surface area contributed by atoms with Crippen LogP contribution in [0.4, 0.5) is 11.5 Å².